The highest BCUT2D eigenvalue weighted by Gasteiger charge is 2.40. The van der Waals surface area contributed by atoms with Crippen molar-refractivity contribution >= 4 is 5.97 Å². The first kappa shape index (κ1) is 11.4. The van der Waals surface area contributed by atoms with E-state index in [4.69, 9.17) is 19.3 Å². The number of hydrogen-bond acceptors (Lipinski definition) is 4. The molecule has 0 aromatic carbocycles. The van der Waals surface area contributed by atoms with Crippen LogP contribution in [0.3, 0.4) is 0 Å². The Balaban J connectivity index is 2.47. The smallest absolute Gasteiger partial charge is 0.303 e. The summed E-state index contributed by atoms with van der Waals surface area (Å²) in [6.45, 7) is 0. The van der Waals surface area contributed by atoms with Crippen LogP contribution in [-0.4, -0.2) is 37.4 Å². The number of aliphatic carboxylic acids is 1. The zero-order valence-electron chi connectivity index (χ0n) is 8.49. The zero-order valence-corrected chi connectivity index (χ0v) is 8.49. The molecule has 0 saturated carbocycles. The molecule has 2 atom stereocenters. The van der Waals surface area contributed by atoms with Gasteiger partial charge in [-0.15, -0.1) is 0 Å². The highest BCUT2D eigenvalue weighted by atomic mass is 16.8. The van der Waals surface area contributed by atoms with E-state index in [1.807, 2.05) is 0 Å². The first-order chi connectivity index (χ1) is 6.62. The molecule has 2 unspecified atom stereocenters. The summed E-state index contributed by atoms with van der Waals surface area (Å²) < 4.78 is 15.7. The molecule has 14 heavy (non-hydrogen) atoms. The quantitative estimate of drug-likeness (QED) is 0.723. The fourth-order valence-electron chi connectivity index (χ4n) is 1.59. The molecule has 1 heterocycles. The maximum absolute atomic E-state index is 10.4. The molecule has 0 bridgehead atoms. The van der Waals surface area contributed by atoms with Crippen molar-refractivity contribution in [2.75, 3.05) is 14.2 Å². The van der Waals surface area contributed by atoms with E-state index in [1.54, 1.807) is 7.11 Å². The lowest BCUT2D eigenvalue weighted by Gasteiger charge is -2.26. The van der Waals surface area contributed by atoms with Crippen LogP contribution in [0, 0.1) is 0 Å². The fraction of sp³-hybridized carbons (Fsp3) is 0.889. The van der Waals surface area contributed by atoms with Crippen molar-refractivity contribution in [1.82, 2.24) is 0 Å². The minimum Gasteiger partial charge on any atom is -0.481 e. The van der Waals surface area contributed by atoms with E-state index in [0.29, 0.717) is 12.8 Å². The van der Waals surface area contributed by atoms with Crippen LogP contribution < -0.4 is 0 Å². The molecule has 1 aliphatic rings. The minimum atomic E-state index is -0.842. The molecule has 0 radical (unpaired) electrons. The van der Waals surface area contributed by atoms with Gasteiger partial charge in [0, 0.05) is 33.5 Å². The van der Waals surface area contributed by atoms with Crippen LogP contribution in [-0.2, 0) is 19.0 Å². The molecule has 1 N–H and O–H groups in total. The van der Waals surface area contributed by atoms with Crippen molar-refractivity contribution in [3.8, 4) is 0 Å². The normalized spacial score (nSPS) is 32.0. The van der Waals surface area contributed by atoms with Crippen molar-refractivity contribution in [3.05, 3.63) is 0 Å². The van der Waals surface area contributed by atoms with Gasteiger partial charge in [-0.1, -0.05) is 0 Å². The number of ether oxygens (including phenoxy) is 3. The number of carboxylic acid groups (broad SMARTS) is 1. The van der Waals surface area contributed by atoms with Crippen molar-refractivity contribution in [2.24, 2.45) is 0 Å². The van der Waals surface area contributed by atoms with Crippen molar-refractivity contribution in [2.45, 2.75) is 37.8 Å². The lowest BCUT2D eigenvalue weighted by Crippen LogP contribution is -2.32. The molecule has 5 nitrogen and oxygen atoms in total. The van der Waals surface area contributed by atoms with Gasteiger partial charge >= 0.3 is 5.97 Å². The van der Waals surface area contributed by atoms with E-state index >= 15 is 0 Å². The van der Waals surface area contributed by atoms with Gasteiger partial charge in [0.25, 0.3) is 0 Å². The maximum Gasteiger partial charge on any atom is 0.303 e. The Bertz CT molecular complexity index is 205. The number of rotatable bonds is 5. The predicted octanol–water partition coefficient (Wildman–Crippen LogP) is 0.977. The van der Waals surface area contributed by atoms with E-state index in [0.717, 1.165) is 6.42 Å². The summed E-state index contributed by atoms with van der Waals surface area (Å²) in [6.07, 6.45) is 1.55. The second-order valence-corrected chi connectivity index (χ2v) is 3.33. The largest absolute Gasteiger partial charge is 0.481 e. The van der Waals surface area contributed by atoms with Gasteiger partial charge in [0.15, 0.2) is 12.1 Å². The Kier molecular flexibility index (Phi) is 3.86. The van der Waals surface area contributed by atoms with E-state index in [9.17, 15) is 4.79 Å². The summed E-state index contributed by atoms with van der Waals surface area (Å²) in [4.78, 5) is 10.4. The predicted molar refractivity (Wildman–Crippen MR) is 47.7 cm³/mol. The molecule has 1 fully saturated rings. The summed E-state index contributed by atoms with van der Waals surface area (Å²) in [5.74, 6) is -1.61. The van der Waals surface area contributed by atoms with Crippen molar-refractivity contribution in [3.63, 3.8) is 0 Å². The van der Waals surface area contributed by atoms with Gasteiger partial charge in [-0.2, -0.15) is 0 Å². The Labute approximate surface area is 82.9 Å². The van der Waals surface area contributed by atoms with E-state index in [1.165, 1.54) is 7.11 Å². The van der Waals surface area contributed by atoms with Crippen LogP contribution in [0.25, 0.3) is 0 Å². The average molecular weight is 204 g/mol. The monoisotopic (exact) mass is 204 g/mol. The number of hydrogen-bond donors (Lipinski definition) is 1. The molecular weight excluding hydrogens is 188 g/mol. The van der Waals surface area contributed by atoms with Gasteiger partial charge in [0.2, 0.25) is 0 Å². The van der Waals surface area contributed by atoms with Crippen LogP contribution in [0.15, 0.2) is 0 Å². The minimum absolute atomic E-state index is 0.0459. The molecule has 0 aliphatic carbocycles. The summed E-state index contributed by atoms with van der Waals surface area (Å²) >= 11 is 0. The Morgan fingerprint density at radius 2 is 2.36 bits per heavy atom. The van der Waals surface area contributed by atoms with E-state index < -0.39 is 11.8 Å². The zero-order chi connectivity index (χ0) is 10.6. The fourth-order valence-corrected chi connectivity index (χ4v) is 1.59. The topological polar surface area (TPSA) is 65.0 Å². The van der Waals surface area contributed by atoms with Crippen molar-refractivity contribution < 1.29 is 24.1 Å². The molecule has 1 saturated heterocycles. The molecular formula is C9H16O5. The molecule has 0 aromatic rings. The van der Waals surface area contributed by atoms with Gasteiger partial charge in [-0.25, -0.2) is 0 Å². The van der Waals surface area contributed by atoms with Crippen molar-refractivity contribution in [1.29, 1.82) is 0 Å². The molecule has 1 aliphatic heterocycles. The second kappa shape index (κ2) is 4.72. The van der Waals surface area contributed by atoms with Crippen LogP contribution in [0.1, 0.15) is 25.7 Å². The lowest BCUT2D eigenvalue weighted by molar-refractivity contribution is -0.259. The molecule has 0 spiro atoms. The lowest BCUT2D eigenvalue weighted by atomic mass is 10.1. The third kappa shape index (κ3) is 2.67. The number of carboxylic acids is 1. The molecule has 5 heteroatoms. The Morgan fingerprint density at radius 1 is 1.64 bits per heavy atom. The first-order valence-corrected chi connectivity index (χ1v) is 4.59. The SMILES string of the molecule is COC1CCC(CCC(=O)O)(OC)O1. The van der Waals surface area contributed by atoms with Gasteiger partial charge in [-0.05, 0) is 0 Å². The Morgan fingerprint density at radius 3 is 2.79 bits per heavy atom. The third-order valence-corrected chi connectivity index (χ3v) is 2.46. The summed E-state index contributed by atoms with van der Waals surface area (Å²) in [5, 5.41) is 8.56. The van der Waals surface area contributed by atoms with Gasteiger partial charge in [-0.3, -0.25) is 4.79 Å². The molecule has 0 amide bonds. The Hall–Kier alpha value is -0.650. The average Bonchev–Trinajstić information content (AvgIpc) is 2.59. The second-order valence-electron chi connectivity index (χ2n) is 3.33. The van der Waals surface area contributed by atoms with Gasteiger partial charge in [0.1, 0.15) is 0 Å². The standard InChI is InChI=1S/C9H16O5/c1-12-8-4-6-9(13-2,14-8)5-3-7(10)11/h8H,3-6H2,1-2H3,(H,10,11). The first-order valence-electron chi connectivity index (χ1n) is 4.59. The van der Waals surface area contributed by atoms with Crippen LogP contribution in [0.2, 0.25) is 0 Å². The number of carbonyl (C=O) groups is 1. The highest BCUT2D eigenvalue weighted by molar-refractivity contribution is 5.66. The maximum atomic E-state index is 10.4. The van der Waals surface area contributed by atoms with Crippen LogP contribution in [0.5, 0.6) is 0 Å². The third-order valence-electron chi connectivity index (χ3n) is 2.46. The molecule has 0 aromatic heterocycles. The van der Waals surface area contributed by atoms with Crippen LogP contribution >= 0.6 is 0 Å². The van der Waals surface area contributed by atoms with E-state index in [-0.39, 0.29) is 12.7 Å². The molecule has 82 valence electrons. The van der Waals surface area contributed by atoms with Gasteiger partial charge in [0.05, 0.1) is 6.42 Å². The van der Waals surface area contributed by atoms with Crippen LogP contribution in [0.4, 0.5) is 0 Å². The summed E-state index contributed by atoms with van der Waals surface area (Å²) in [6, 6.07) is 0. The number of methoxy groups -OCH3 is 2. The van der Waals surface area contributed by atoms with E-state index in [2.05, 4.69) is 0 Å². The summed E-state index contributed by atoms with van der Waals surface area (Å²) in [5.41, 5.74) is 0. The highest BCUT2D eigenvalue weighted by Crippen LogP contribution is 2.35. The molecule has 1 rings (SSSR count). The van der Waals surface area contributed by atoms with Gasteiger partial charge < -0.3 is 19.3 Å². The summed E-state index contributed by atoms with van der Waals surface area (Å²) in [7, 11) is 3.09.